The summed E-state index contributed by atoms with van der Waals surface area (Å²) in [4.78, 5) is 24.3. The monoisotopic (exact) mass is 444 g/mol. The van der Waals surface area contributed by atoms with Crippen LogP contribution in [0.25, 0.3) is 11.0 Å². The van der Waals surface area contributed by atoms with Crippen LogP contribution in [0.1, 0.15) is 50.1 Å². The van der Waals surface area contributed by atoms with E-state index in [9.17, 15) is 10.1 Å². The molecule has 33 heavy (non-hydrogen) atoms. The lowest BCUT2D eigenvalue weighted by molar-refractivity contribution is 0.114. The van der Waals surface area contributed by atoms with Crippen LogP contribution in [0.2, 0.25) is 0 Å². The molecule has 1 N–H and O–H groups in total. The van der Waals surface area contributed by atoms with Crippen molar-refractivity contribution in [3.05, 3.63) is 52.4 Å². The first-order valence-electron chi connectivity index (χ1n) is 11.7. The molecule has 3 aromatic rings. The van der Waals surface area contributed by atoms with Gasteiger partial charge in [0, 0.05) is 36.4 Å². The van der Waals surface area contributed by atoms with Crippen LogP contribution >= 0.6 is 0 Å². The van der Waals surface area contributed by atoms with Crippen molar-refractivity contribution in [2.24, 2.45) is 0 Å². The number of nitrogens with one attached hydrogen (secondary N) is 1. The Kier molecular flexibility index (Phi) is 5.97. The number of ether oxygens (including phenoxy) is 1. The van der Waals surface area contributed by atoms with Crippen molar-refractivity contribution in [3.8, 4) is 11.8 Å². The molecule has 2 aromatic heterocycles. The number of anilines is 2. The Balaban J connectivity index is 1.37. The second-order valence-electron chi connectivity index (χ2n) is 9.03. The average molecular weight is 445 g/mol. The molecule has 170 valence electrons. The minimum atomic E-state index is -0.267. The van der Waals surface area contributed by atoms with Crippen molar-refractivity contribution in [1.29, 1.82) is 5.26 Å². The average Bonchev–Trinajstić information content (AvgIpc) is 3.36. The number of hydrogen-bond donors (Lipinski definition) is 1. The molecule has 0 atom stereocenters. The number of piperidine rings is 1. The number of nitrogens with zero attached hydrogens (tertiary/aromatic N) is 5. The fourth-order valence-corrected chi connectivity index (χ4v) is 4.80. The van der Waals surface area contributed by atoms with Gasteiger partial charge in [0.15, 0.2) is 0 Å². The standard InChI is InChI=1S/C25H28N6O2/c1-30-12-10-22(11-13-30)33-21-8-6-19(7-9-21)28-25-27-16-18-14-17(15-26)24(32)31(23(18)29-25)20-4-2-3-5-20/h6-9,14,16,20,22H,2-5,10-13H2,1H3,(H,27,28,29). The van der Waals surface area contributed by atoms with Gasteiger partial charge in [-0.05, 0) is 63.1 Å². The molecule has 1 saturated carbocycles. The second kappa shape index (κ2) is 9.20. The first-order valence-corrected chi connectivity index (χ1v) is 11.7. The van der Waals surface area contributed by atoms with E-state index >= 15 is 0 Å². The fourth-order valence-electron chi connectivity index (χ4n) is 4.80. The van der Waals surface area contributed by atoms with E-state index in [-0.39, 0.29) is 23.3 Å². The van der Waals surface area contributed by atoms with Crippen molar-refractivity contribution in [2.45, 2.75) is 50.7 Å². The van der Waals surface area contributed by atoms with E-state index in [2.05, 4.69) is 27.2 Å². The van der Waals surface area contributed by atoms with Gasteiger partial charge in [-0.1, -0.05) is 12.8 Å². The molecule has 0 unspecified atom stereocenters. The Morgan fingerprint density at radius 1 is 1.12 bits per heavy atom. The summed E-state index contributed by atoms with van der Waals surface area (Å²) in [5, 5.41) is 13.3. The van der Waals surface area contributed by atoms with Crippen molar-refractivity contribution in [3.63, 3.8) is 0 Å². The molecule has 1 aromatic carbocycles. The molecular weight excluding hydrogens is 416 g/mol. The molecule has 0 bridgehead atoms. The predicted octanol–water partition coefficient (Wildman–Crippen LogP) is 3.99. The van der Waals surface area contributed by atoms with Gasteiger partial charge in [-0.3, -0.25) is 9.36 Å². The van der Waals surface area contributed by atoms with Crippen LogP contribution < -0.4 is 15.6 Å². The summed E-state index contributed by atoms with van der Waals surface area (Å²) < 4.78 is 7.82. The Bertz CT molecular complexity index is 1230. The Morgan fingerprint density at radius 3 is 2.55 bits per heavy atom. The highest BCUT2D eigenvalue weighted by Crippen LogP contribution is 2.31. The Labute approximate surface area is 192 Å². The quantitative estimate of drug-likeness (QED) is 0.635. The first kappa shape index (κ1) is 21.4. The number of benzene rings is 1. The van der Waals surface area contributed by atoms with E-state index in [0.29, 0.717) is 17.0 Å². The van der Waals surface area contributed by atoms with E-state index in [1.54, 1.807) is 16.8 Å². The van der Waals surface area contributed by atoms with Crippen molar-refractivity contribution < 1.29 is 4.74 Å². The topological polar surface area (TPSA) is 96.1 Å². The summed E-state index contributed by atoms with van der Waals surface area (Å²) >= 11 is 0. The van der Waals surface area contributed by atoms with Crippen LogP contribution in [-0.4, -0.2) is 45.7 Å². The maximum absolute atomic E-state index is 12.9. The third-order valence-corrected chi connectivity index (χ3v) is 6.66. The molecule has 0 radical (unpaired) electrons. The van der Waals surface area contributed by atoms with Gasteiger partial charge in [-0.2, -0.15) is 10.2 Å². The molecule has 2 aliphatic rings. The van der Waals surface area contributed by atoms with E-state index < -0.39 is 0 Å². The third-order valence-electron chi connectivity index (χ3n) is 6.66. The van der Waals surface area contributed by atoms with Crippen molar-refractivity contribution >= 4 is 22.7 Å². The normalized spacial score (nSPS) is 17.8. The molecule has 8 heteroatoms. The minimum Gasteiger partial charge on any atom is -0.490 e. The van der Waals surface area contributed by atoms with Crippen LogP contribution in [-0.2, 0) is 0 Å². The highest BCUT2D eigenvalue weighted by atomic mass is 16.5. The molecule has 1 aliphatic carbocycles. The SMILES string of the molecule is CN1CCC(Oc2ccc(Nc3ncc4cc(C#N)c(=O)n(C5CCCC5)c4n3)cc2)CC1. The Hall–Kier alpha value is -3.44. The van der Waals surface area contributed by atoms with Gasteiger partial charge in [-0.25, -0.2) is 4.98 Å². The first-order chi connectivity index (χ1) is 16.1. The maximum Gasteiger partial charge on any atom is 0.270 e. The zero-order valence-electron chi connectivity index (χ0n) is 18.8. The number of pyridine rings is 1. The summed E-state index contributed by atoms with van der Waals surface area (Å²) in [5.41, 5.74) is 1.29. The van der Waals surface area contributed by atoms with E-state index in [1.165, 1.54) is 0 Å². The second-order valence-corrected chi connectivity index (χ2v) is 9.03. The van der Waals surface area contributed by atoms with Crippen LogP contribution in [0.15, 0.2) is 41.3 Å². The van der Waals surface area contributed by atoms with Gasteiger partial charge in [0.2, 0.25) is 5.95 Å². The highest BCUT2D eigenvalue weighted by molar-refractivity contribution is 5.77. The molecule has 2 fully saturated rings. The van der Waals surface area contributed by atoms with Gasteiger partial charge < -0.3 is 15.0 Å². The summed E-state index contributed by atoms with van der Waals surface area (Å²) in [7, 11) is 2.14. The van der Waals surface area contributed by atoms with Crippen molar-refractivity contribution in [2.75, 3.05) is 25.5 Å². The highest BCUT2D eigenvalue weighted by Gasteiger charge is 2.23. The molecule has 0 amide bonds. The fraction of sp³-hybridized carbons (Fsp3) is 0.440. The van der Waals surface area contributed by atoms with Crippen LogP contribution in [0.5, 0.6) is 5.75 Å². The molecular formula is C25H28N6O2. The van der Waals surface area contributed by atoms with E-state index in [4.69, 9.17) is 4.74 Å². The zero-order valence-corrected chi connectivity index (χ0v) is 18.8. The molecule has 8 nitrogen and oxygen atoms in total. The van der Waals surface area contributed by atoms with Gasteiger partial charge in [0.1, 0.15) is 29.1 Å². The summed E-state index contributed by atoms with van der Waals surface area (Å²) in [6, 6.07) is 11.5. The van der Waals surface area contributed by atoms with Gasteiger partial charge in [0.25, 0.3) is 5.56 Å². The number of rotatable bonds is 5. The molecule has 1 aliphatic heterocycles. The van der Waals surface area contributed by atoms with E-state index in [1.807, 2.05) is 30.3 Å². The molecule has 0 spiro atoms. The van der Waals surface area contributed by atoms with Crippen LogP contribution in [0.3, 0.4) is 0 Å². The smallest absolute Gasteiger partial charge is 0.270 e. The Morgan fingerprint density at radius 2 is 1.85 bits per heavy atom. The number of hydrogen-bond acceptors (Lipinski definition) is 7. The van der Waals surface area contributed by atoms with Gasteiger partial charge in [-0.15, -0.1) is 0 Å². The number of nitriles is 1. The predicted molar refractivity (Wildman–Crippen MR) is 127 cm³/mol. The molecule has 1 saturated heterocycles. The van der Waals surface area contributed by atoms with Crippen molar-refractivity contribution in [1.82, 2.24) is 19.4 Å². The number of fused-ring (bicyclic) bond motifs is 1. The number of aromatic nitrogens is 3. The van der Waals surface area contributed by atoms with Gasteiger partial charge in [0.05, 0.1) is 0 Å². The van der Waals surface area contributed by atoms with Crippen LogP contribution in [0, 0.1) is 11.3 Å². The van der Waals surface area contributed by atoms with Crippen LogP contribution in [0.4, 0.5) is 11.6 Å². The largest absolute Gasteiger partial charge is 0.490 e. The van der Waals surface area contributed by atoms with E-state index in [0.717, 1.165) is 63.1 Å². The lowest BCUT2D eigenvalue weighted by Crippen LogP contribution is -2.35. The third kappa shape index (κ3) is 4.55. The summed E-state index contributed by atoms with van der Waals surface area (Å²) in [6.07, 6.45) is 8.03. The molecule has 5 rings (SSSR count). The minimum absolute atomic E-state index is 0.0760. The summed E-state index contributed by atoms with van der Waals surface area (Å²) in [5.74, 6) is 1.27. The molecule has 3 heterocycles. The summed E-state index contributed by atoms with van der Waals surface area (Å²) in [6.45, 7) is 2.12. The zero-order chi connectivity index (χ0) is 22.8. The lowest BCUT2D eigenvalue weighted by atomic mass is 10.1. The lowest BCUT2D eigenvalue weighted by Gasteiger charge is -2.29. The number of likely N-dealkylation sites (tertiary alicyclic amines) is 1. The van der Waals surface area contributed by atoms with Gasteiger partial charge >= 0.3 is 0 Å². The maximum atomic E-state index is 12.9.